The van der Waals surface area contributed by atoms with Crippen LogP contribution in [0.4, 0.5) is 8.78 Å². The van der Waals surface area contributed by atoms with Crippen LogP contribution < -0.4 is 10.2 Å². The van der Waals surface area contributed by atoms with Crippen molar-refractivity contribution in [2.24, 2.45) is 17.8 Å². The molecule has 7 nitrogen and oxygen atoms in total. The Kier molecular flexibility index (Phi) is 5.70. The smallest absolute Gasteiger partial charge is 0.428 e. The Morgan fingerprint density at radius 2 is 1.96 bits per heavy atom. The third-order valence-electron chi connectivity index (χ3n) is 5.53. The Balaban J connectivity index is 1.69. The summed E-state index contributed by atoms with van der Waals surface area (Å²) in [5.41, 5.74) is 2.11. The van der Waals surface area contributed by atoms with Gasteiger partial charge in [0.1, 0.15) is 11.8 Å². The molecule has 2 fully saturated rings. The van der Waals surface area contributed by atoms with Gasteiger partial charge in [-0.3, -0.25) is 4.79 Å². The Hall–Kier alpha value is -2.09. The highest BCUT2D eigenvalue weighted by atomic mass is 32.2. The Bertz CT molecular complexity index is 882. The van der Waals surface area contributed by atoms with Gasteiger partial charge in [-0.2, -0.15) is 32.2 Å². The second-order valence-corrected chi connectivity index (χ2v) is 8.74. The van der Waals surface area contributed by atoms with Gasteiger partial charge in [0.15, 0.2) is 0 Å². The molecular weight excluding hydrogens is 394 g/mol. The van der Waals surface area contributed by atoms with E-state index >= 15 is 0 Å². The molecule has 2 aliphatic carbocycles. The van der Waals surface area contributed by atoms with Gasteiger partial charge in [-0.1, -0.05) is 18.6 Å². The van der Waals surface area contributed by atoms with Crippen molar-refractivity contribution < 1.29 is 31.0 Å². The molecule has 4 unspecified atom stereocenters. The van der Waals surface area contributed by atoms with E-state index in [1.54, 1.807) is 6.07 Å². The lowest BCUT2D eigenvalue weighted by molar-refractivity contribution is -0.140. The third kappa shape index (κ3) is 3.74. The maximum atomic E-state index is 14.4. The fourth-order valence-electron chi connectivity index (χ4n) is 4.03. The molecule has 2 aliphatic rings. The van der Waals surface area contributed by atoms with E-state index in [2.05, 4.69) is 4.28 Å². The molecule has 0 spiro atoms. The molecule has 2 saturated carbocycles. The van der Waals surface area contributed by atoms with Gasteiger partial charge in [-0.15, -0.1) is 0 Å². The Morgan fingerprint density at radius 1 is 1.29 bits per heavy atom. The second-order valence-electron chi connectivity index (χ2n) is 7.15. The Labute approximate surface area is 161 Å². The quantitative estimate of drug-likeness (QED) is 0.652. The summed E-state index contributed by atoms with van der Waals surface area (Å²) in [5.74, 6) is -2.09. The monoisotopic (exact) mass is 414 g/mol. The molecule has 0 aromatic heterocycles. The van der Waals surface area contributed by atoms with Crippen molar-refractivity contribution in [1.82, 2.24) is 5.48 Å². The number of halogens is 2. The van der Waals surface area contributed by atoms with E-state index < -0.39 is 33.1 Å². The first-order chi connectivity index (χ1) is 13.2. The maximum Gasteiger partial charge on any atom is 0.428 e. The zero-order valence-electron chi connectivity index (χ0n) is 15.1. The minimum absolute atomic E-state index is 0.197. The molecule has 152 valence electrons. The highest BCUT2D eigenvalue weighted by molar-refractivity contribution is 7.88. The van der Waals surface area contributed by atoms with E-state index in [0.29, 0.717) is 18.6 Å². The number of benzene rings is 1. The van der Waals surface area contributed by atoms with Gasteiger partial charge in [0.2, 0.25) is 5.78 Å². The van der Waals surface area contributed by atoms with E-state index in [9.17, 15) is 27.3 Å². The number of hydroxylamine groups is 1. The maximum absolute atomic E-state index is 14.4. The van der Waals surface area contributed by atoms with Crippen LogP contribution >= 0.6 is 0 Å². The largest absolute Gasteiger partial charge is 0.497 e. The van der Waals surface area contributed by atoms with Crippen LogP contribution in [0.5, 0.6) is 5.75 Å². The average Bonchev–Trinajstić information content (AvgIpc) is 3.31. The lowest BCUT2D eigenvalue weighted by Crippen LogP contribution is -2.46. The normalized spacial score (nSPS) is 25.3. The topological polar surface area (TPSA) is 105 Å². The number of carbonyl (C=O) groups is 1. The van der Waals surface area contributed by atoms with Crippen LogP contribution in [-0.4, -0.2) is 26.6 Å². The van der Waals surface area contributed by atoms with Gasteiger partial charge in [-0.05, 0) is 48.8 Å². The van der Waals surface area contributed by atoms with Crippen molar-refractivity contribution >= 4 is 15.9 Å². The number of ketones is 1. The minimum Gasteiger partial charge on any atom is -0.497 e. The van der Waals surface area contributed by atoms with Crippen molar-refractivity contribution in [3.05, 3.63) is 29.8 Å². The molecule has 0 saturated heterocycles. The van der Waals surface area contributed by atoms with Gasteiger partial charge < -0.3 is 4.74 Å². The molecular formula is C18H20F2N2O5S. The van der Waals surface area contributed by atoms with Gasteiger partial charge in [0.05, 0.1) is 13.2 Å². The van der Waals surface area contributed by atoms with Crippen LogP contribution in [0.15, 0.2) is 24.3 Å². The molecule has 1 aromatic rings. The molecule has 1 aromatic carbocycles. The van der Waals surface area contributed by atoms with Crippen molar-refractivity contribution in [3.8, 4) is 11.8 Å². The fourth-order valence-corrected chi connectivity index (χ4v) is 4.76. The zero-order valence-corrected chi connectivity index (χ0v) is 15.9. The van der Waals surface area contributed by atoms with Crippen LogP contribution in [0.2, 0.25) is 0 Å². The molecule has 0 radical (unpaired) electrons. The number of alkyl halides is 2. The summed E-state index contributed by atoms with van der Waals surface area (Å²) in [6, 6.07) is 6.32. The van der Waals surface area contributed by atoms with Gasteiger partial charge in [-0.25, -0.2) is 0 Å². The van der Waals surface area contributed by atoms with Crippen molar-refractivity contribution in [2.75, 3.05) is 7.11 Å². The fraction of sp³-hybridized carbons (Fsp3) is 0.556. The number of methoxy groups -OCH3 is 1. The lowest BCUT2D eigenvalue weighted by Gasteiger charge is -2.24. The summed E-state index contributed by atoms with van der Waals surface area (Å²) in [4.78, 5) is 12.2. The first kappa shape index (κ1) is 20.6. The van der Waals surface area contributed by atoms with Gasteiger partial charge in [0.25, 0.3) is 0 Å². The average molecular weight is 414 g/mol. The summed E-state index contributed by atoms with van der Waals surface area (Å²) < 4.78 is 62.1. The predicted octanol–water partition coefficient (Wildman–Crippen LogP) is 2.71. The molecule has 0 amide bonds. The summed E-state index contributed by atoms with van der Waals surface area (Å²) in [7, 11) is -4.16. The molecule has 1 N–H and O–H groups in total. The van der Waals surface area contributed by atoms with E-state index in [4.69, 9.17) is 4.74 Å². The van der Waals surface area contributed by atoms with Crippen molar-refractivity contribution in [2.45, 2.75) is 37.0 Å². The molecule has 28 heavy (non-hydrogen) atoms. The van der Waals surface area contributed by atoms with Crippen LogP contribution in [0.1, 0.15) is 37.3 Å². The summed E-state index contributed by atoms with van der Waals surface area (Å²) in [6.45, 7) is 0. The second kappa shape index (κ2) is 7.73. The number of rotatable bonds is 8. The number of carbonyl (C=O) groups excluding carboxylic acids is 1. The number of nitriles is 1. The standard InChI is InChI=1S/C18H20F2N2O5S/c1-26-14-6-4-12(5-7-14)16(10-21)22-27-28(24,25)18(19,20)17(23)15-9-11-2-3-13(15)8-11/h4-7,11,13,15-16,22H,2-3,8-9H2,1H3. The summed E-state index contributed by atoms with van der Waals surface area (Å²) >= 11 is 0. The first-order valence-corrected chi connectivity index (χ1v) is 10.2. The zero-order chi connectivity index (χ0) is 20.5. The van der Waals surface area contributed by atoms with Crippen molar-refractivity contribution in [3.63, 3.8) is 0 Å². The molecule has 3 rings (SSSR count). The number of ether oxygens (including phenoxy) is 1. The number of hydrogen-bond acceptors (Lipinski definition) is 7. The number of Topliss-reactive ketones (excluding diaryl/α,β-unsaturated/α-hetero) is 1. The minimum atomic E-state index is -5.61. The highest BCUT2D eigenvalue weighted by Crippen LogP contribution is 2.50. The molecule has 2 bridgehead atoms. The predicted molar refractivity (Wildman–Crippen MR) is 93.4 cm³/mol. The third-order valence-corrected chi connectivity index (χ3v) is 6.67. The SMILES string of the molecule is COc1ccc(C(C#N)NOS(=O)(=O)C(F)(F)C(=O)C2CC3CCC2C3)cc1. The Morgan fingerprint density at radius 3 is 2.46 bits per heavy atom. The summed E-state index contributed by atoms with van der Waals surface area (Å²) in [6.07, 6.45) is 2.51. The van der Waals surface area contributed by atoms with E-state index in [-0.39, 0.29) is 23.8 Å². The van der Waals surface area contributed by atoms with Crippen molar-refractivity contribution in [1.29, 1.82) is 5.26 Å². The molecule has 4 atom stereocenters. The number of hydrogen-bond donors (Lipinski definition) is 1. The van der Waals surface area contributed by atoms with Crippen LogP contribution in [-0.2, 0) is 19.2 Å². The summed E-state index contributed by atoms with van der Waals surface area (Å²) in [5, 5.41) is 4.50. The lowest BCUT2D eigenvalue weighted by atomic mass is 9.86. The van der Waals surface area contributed by atoms with E-state index in [0.717, 1.165) is 6.42 Å². The van der Waals surface area contributed by atoms with Crippen LogP contribution in [0, 0.1) is 29.1 Å². The van der Waals surface area contributed by atoms with E-state index in [1.165, 1.54) is 31.4 Å². The van der Waals surface area contributed by atoms with Crippen LogP contribution in [0.3, 0.4) is 0 Å². The molecule has 10 heteroatoms. The molecule has 0 aliphatic heterocycles. The van der Waals surface area contributed by atoms with Gasteiger partial charge >= 0.3 is 15.4 Å². The molecule has 0 heterocycles. The van der Waals surface area contributed by atoms with Crippen LogP contribution in [0.25, 0.3) is 0 Å². The number of nitrogens with zero attached hydrogens (tertiary/aromatic N) is 1. The number of fused-ring (bicyclic) bond motifs is 2. The number of nitrogens with one attached hydrogen (secondary N) is 1. The first-order valence-electron chi connectivity index (χ1n) is 8.84. The highest BCUT2D eigenvalue weighted by Gasteiger charge is 2.59. The van der Waals surface area contributed by atoms with Gasteiger partial charge in [0, 0.05) is 5.92 Å². The van der Waals surface area contributed by atoms with E-state index in [1.807, 2.05) is 5.48 Å².